The Morgan fingerprint density at radius 1 is 0.857 bits per heavy atom. The Morgan fingerprint density at radius 2 is 1.32 bits per heavy atom. The van der Waals surface area contributed by atoms with E-state index in [2.05, 4.69) is 16.0 Å². The molecule has 28 heavy (non-hydrogen) atoms. The van der Waals surface area contributed by atoms with Gasteiger partial charge in [0.05, 0.1) is 18.6 Å². The molecule has 0 aromatic carbocycles. The molecule has 12 heteroatoms. The predicted octanol–water partition coefficient (Wildman–Crippen LogP) is -3.22. The Kier molecular flexibility index (Phi) is 10.1. The lowest BCUT2D eigenvalue weighted by molar-refractivity contribution is -0.142. The zero-order chi connectivity index (χ0) is 22.2. The SMILES string of the molecule is CC(NC(=O)C(NC(=O)C(NC(=O)C(N)CC(N)=O)C(C)O)C(C)C)C(=O)O. The minimum Gasteiger partial charge on any atom is -0.480 e. The van der Waals surface area contributed by atoms with Gasteiger partial charge < -0.3 is 37.6 Å². The van der Waals surface area contributed by atoms with Crippen LogP contribution in [-0.2, 0) is 24.0 Å². The van der Waals surface area contributed by atoms with Gasteiger partial charge in [-0.1, -0.05) is 13.8 Å². The quantitative estimate of drug-likeness (QED) is 0.186. The molecule has 0 spiro atoms. The molecule has 0 aromatic rings. The molecule has 0 aliphatic rings. The average molecular weight is 403 g/mol. The molecule has 5 unspecified atom stereocenters. The summed E-state index contributed by atoms with van der Waals surface area (Å²) in [6, 6.07) is -5.07. The first-order chi connectivity index (χ1) is 12.8. The molecule has 0 rings (SSSR count). The number of aliphatic carboxylic acids is 1. The standard InChI is InChI=1S/C16H29N5O7/c1-6(2)11(14(25)19-7(3)16(27)28)20-15(26)12(8(4)22)21-13(24)9(17)5-10(18)23/h6-9,11-12,22H,5,17H2,1-4H3,(H2,18,23)(H,19,25)(H,20,26)(H,21,24)(H,27,28). The summed E-state index contributed by atoms with van der Waals surface area (Å²) in [7, 11) is 0. The van der Waals surface area contributed by atoms with E-state index in [1.807, 2.05) is 0 Å². The lowest BCUT2D eigenvalue weighted by atomic mass is 10.0. The third-order valence-electron chi connectivity index (χ3n) is 3.80. The maximum Gasteiger partial charge on any atom is 0.325 e. The van der Waals surface area contributed by atoms with Gasteiger partial charge in [0, 0.05) is 0 Å². The van der Waals surface area contributed by atoms with E-state index in [-0.39, 0.29) is 0 Å². The van der Waals surface area contributed by atoms with Crippen molar-refractivity contribution in [2.24, 2.45) is 17.4 Å². The number of carbonyl (C=O) groups is 5. The summed E-state index contributed by atoms with van der Waals surface area (Å²) in [6.45, 7) is 5.74. The van der Waals surface area contributed by atoms with Crippen LogP contribution in [0, 0.1) is 5.92 Å². The smallest absolute Gasteiger partial charge is 0.325 e. The Bertz CT molecular complexity index is 608. The Labute approximate surface area is 162 Å². The van der Waals surface area contributed by atoms with Gasteiger partial charge in [0.1, 0.15) is 18.1 Å². The molecule has 4 amide bonds. The molecule has 0 radical (unpaired) electrons. The van der Waals surface area contributed by atoms with Crippen LogP contribution < -0.4 is 27.4 Å². The zero-order valence-electron chi connectivity index (χ0n) is 16.3. The number of aliphatic hydroxyl groups excluding tert-OH is 1. The number of rotatable bonds is 11. The normalized spacial score (nSPS) is 16.2. The van der Waals surface area contributed by atoms with Crippen molar-refractivity contribution in [3.05, 3.63) is 0 Å². The Hall–Kier alpha value is -2.73. The number of primary amides is 1. The van der Waals surface area contributed by atoms with Gasteiger partial charge in [-0.05, 0) is 19.8 Å². The monoisotopic (exact) mass is 403 g/mol. The highest BCUT2D eigenvalue weighted by atomic mass is 16.4. The van der Waals surface area contributed by atoms with Crippen LogP contribution in [0.5, 0.6) is 0 Å². The van der Waals surface area contributed by atoms with Crippen LogP contribution in [-0.4, -0.2) is 70.1 Å². The molecule has 160 valence electrons. The van der Waals surface area contributed by atoms with E-state index < -0.39 is 72.2 Å². The molecule has 5 atom stereocenters. The molecule has 9 N–H and O–H groups in total. The van der Waals surface area contributed by atoms with E-state index >= 15 is 0 Å². The van der Waals surface area contributed by atoms with Crippen molar-refractivity contribution in [3.63, 3.8) is 0 Å². The van der Waals surface area contributed by atoms with Crippen LogP contribution >= 0.6 is 0 Å². The van der Waals surface area contributed by atoms with E-state index in [1.54, 1.807) is 13.8 Å². The highest BCUT2D eigenvalue weighted by Crippen LogP contribution is 2.05. The highest BCUT2D eigenvalue weighted by molar-refractivity contribution is 5.95. The van der Waals surface area contributed by atoms with Crippen molar-refractivity contribution < 1.29 is 34.2 Å². The van der Waals surface area contributed by atoms with Gasteiger partial charge in [0.2, 0.25) is 23.6 Å². The number of hydrogen-bond donors (Lipinski definition) is 7. The lowest BCUT2D eigenvalue weighted by Gasteiger charge is -2.27. The van der Waals surface area contributed by atoms with Crippen molar-refractivity contribution >= 4 is 29.6 Å². The van der Waals surface area contributed by atoms with Crippen molar-refractivity contribution in [1.82, 2.24) is 16.0 Å². The number of hydrogen-bond acceptors (Lipinski definition) is 7. The second-order valence-corrected chi connectivity index (χ2v) is 6.80. The number of nitrogens with one attached hydrogen (secondary N) is 3. The number of aliphatic hydroxyl groups is 1. The summed E-state index contributed by atoms with van der Waals surface area (Å²) in [4.78, 5) is 58.5. The molecule has 0 aliphatic carbocycles. The number of amides is 4. The van der Waals surface area contributed by atoms with E-state index in [1.165, 1.54) is 13.8 Å². The second-order valence-electron chi connectivity index (χ2n) is 6.80. The maximum atomic E-state index is 12.5. The summed E-state index contributed by atoms with van der Waals surface area (Å²) in [5.41, 5.74) is 10.5. The molecule has 0 saturated carbocycles. The minimum absolute atomic E-state index is 0.424. The molecule has 0 fully saturated rings. The first-order valence-electron chi connectivity index (χ1n) is 8.63. The molecule has 0 aliphatic heterocycles. The van der Waals surface area contributed by atoms with Gasteiger partial charge in [0.15, 0.2) is 0 Å². The number of nitrogens with two attached hydrogens (primary N) is 2. The number of carbonyl (C=O) groups excluding carboxylic acids is 4. The highest BCUT2D eigenvalue weighted by Gasteiger charge is 2.33. The Balaban J connectivity index is 5.22. The van der Waals surface area contributed by atoms with Crippen LogP contribution in [0.1, 0.15) is 34.1 Å². The van der Waals surface area contributed by atoms with Crippen LogP contribution in [0.3, 0.4) is 0 Å². The van der Waals surface area contributed by atoms with E-state index in [9.17, 15) is 29.1 Å². The van der Waals surface area contributed by atoms with Crippen molar-refractivity contribution in [2.75, 3.05) is 0 Å². The third-order valence-corrected chi connectivity index (χ3v) is 3.80. The first kappa shape index (κ1) is 25.3. The summed E-state index contributed by atoms with van der Waals surface area (Å²) in [5, 5.41) is 25.5. The fourth-order valence-electron chi connectivity index (χ4n) is 2.12. The predicted molar refractivity (Wildman–Crippen MR) is 97.4 cm³/mol. The third kappa shape index (κ3) is 8.31. The number of carboxylic acids is 1. The summed E-state index contributed by atoms with van der Waals surface area (Å²) in [5.74, 6) is -4.99. The van der Waals surface area contributed by atoms with E-state index in [0.29, 0.717) is 0 Å². The molecule has 0 aromatic heterocycles. The largest absolute Gasteiger partial charge is 0.480 e. The van der Waals surface area contributed by atoms with Crippen LogP contribution in [0.2, 0.25) is 0 Å². The van der Waals surface area contributed by atoms with Crippen LogP contribution in [0.4, 0.5) is 0 Å². The minimum atomic E-state index is -1.46. The fraction of sp³-hybridized carbons (Fsp3) is 0.688. The van der Waals surface area contributed by atoms with Gasteiger partial charge in [-0.3, -0.25) is 24.0 Å². The second kappa shape index (κ2) is 11.2. The van der Waals surface area contributed by atoms with Crippen molar-refractivity contribution in [1.29, 1.82) is 0 Å². The Morgan fingerprint density at radius 3 is 1.71 bits per heavy atom. The topological polar surface area (TPSA) is 214 Å². The van der Waals surface area contributed by atoms with Crippen molar-refractivity contribution in [2.45, 2.75) is 64.4 Å². The summed E-state index contributed by atoms with van der Waals surface area (Å²) in [6.07, 6.45) is -1.80. The molecule has 12 nitrogen and oxygen atoms in total. The molecule has 0 heterocycles. The van der Waals surface area contributed by atoms with Gasteiger partial charge in [-0.2, -0.15) is 0 Å². The lowest BCUT2D eigenvalue weighted by Crippen LogP contribution is -2.60. The van der Waals surface area contributed by atoms with Crippen LogP contribution in [0.15, 0.2) is 0 Å². The zero-order valence-corrected chi connectivity index (χ0v) is 16.3. The van der Waals surface area contributed by atoms with Gasteiger partial charge in [-0.15, -0.1) is 0 Å². The maximum absolute atomic E-state index is 12.5. The van der Waals surface area contributed by atoms with Gasteiger partial charge in [-0.25, -0.2) is 0 Å². The van der Waals surface area contributed by atoms with Crippen LogP contribution in [0.25, 0.3) is 0 Å². The summed E-state index contributed by atoms with van der Waals surface area (Å²) >= 11 is 0. The molecule has 0 bridgehead atoms. The van der Waals surface area contributed by atoms with Gasteiger partial charge >= 0.3 is 5.97 Å². The number of carboxylic acid groups (broad SMARTS) is 1. The fourth-order valence-corrected chi connectivity index (χ4v) is 2.12. The first-order valence-corrected chi connectivity index (χ1v) is 8.63. The molecule has 0 saturated heterocycles. The van der Waals surface area contributed by atoms with Gasteiger partial charge in [0.25, 0.3) is 0 Å². The average Bonchev–Trinajstić information content (AvgIpc) is 2.55. The summed E-state index contributed by atoms with van der Waals surface area (Å²) < 4.78 is 0. The molecular weight excluding hydrogens is 374 g/mol. The van der Waals surface area contributed by atoms with Crippen molar-refractivity contribution in [3.8, 4) is 0 Å². The van der Waals surface area contributed by atoms with E-state index in [4.69, 9.17) is 16.6 Å². The molecular formula is C16H29N5O7. The van der Waals surface area contributed by atoms with E-state index in [0.717, 1.165) is 0 Å².